The van der Waals surface area contributed by atoms with Gasteiger partial charge < -0.3 is 15.1 Å². The summed E-state index contributed by atoms with van der Waals surface area (Å²) in [6, 6.07) is 0. The fourth-order valence-corrected chi connectivity index (χ4v) is 2.53. The molecule has 1 unspecified atom stereocenters. The number of hydrogen-bond acceptors (Lipinski definition) is 3. The monoisotopic (exact) mass is 241 g/mol. The van der Waals surface area contributed by atoms with E-state index in [4.69, 9.17) is 0 Å². The maximum absolute atomic E-state index is 3.55. The molecule has 0 saturated carbocycles. The summed E-state index contributed by atoms with van der Waals surface area (Å²) in [5.74, 6) is 0.899. The molecular formula is C14H31N3. The summed E-state index contributed by atoms with van der Waals surface area (Å²) in [5.41, 5.74) is 0. The Morgan fingerprint density at radius 2 is 2.12 bits per heavy atom. The molecule has 1 atom stereocenters. The topological polar surface area (TPSA) is 18.5 Å². The van der Waals surface area contributed by atoms with Crippen molar-refractivity contribution in [1.29, 1.82) is 0 Å². The van der Waals surface area contributed by atoms with Gasteiger partial charge in [-0.1, -0.05) is 6.92 Å². The molecule has 0 amide bonds. The Morgan fingerprint density at radius 1 is 1.29 bits per heavy atom. The molecule has 1 aliphatic rings. The number of nitrogens with one attached hydrogen (secondary N) is 1. The Balaban J connectivity index is 1.97. The zero-order chi connectivity index (χ0) is 12.5. The third kappa shape index (κ3) is 7.02. The lowest BCUT2D eigenvalue weighted by Gasteiger charge is -2.17. The highest BCUT2D eigenvalue weighted by Crippen LogP contribution is 2.15. The minimum atomic E-state index is 0.899. The molecule has 1 heterocycles. The van der Waals surface area contributed by atoms with E-state index in [1.165, 1.54) is 65.0 Å². The molecule has 1 rings (SSSR count). The summed E-state index contributed by atoms with van der Waals surface area (Å²) in [7, 11) is 4.32. The third-order valence-corrected chi connectivity index (χ3v) is 3.56. The Hall–Kier alpha value is -0.120. The van der Waals surface area contributed by atoms with Gasteiger partial charge in [-0.25, -0.2) is 0 Å². The SMILES string of the molecule is CCCNCC1CCN(CCCCN(C)C)C1. The zero-order valence-corrected chi connectivity index (χ0v) is 12.0. The van der Waals surface area contributed by atoms with Crippen LogP contribution in [0.3, 0.4) is 0 Å². The average molecular weight is 241 g/mol. The highest BCUT2D eigenvalue weighted by Gasteiger charge is 2.21. The summed E-state index contributed by atoms with van der Waals surface area (Å²) >= 11 is 0. The van der Waals surface area contributed by atoms with Crippen LogP contribution in [-0.2, 0) is 0 Å². The summed E-state index contributed by atoms with van der Waals surface area (Å²) < 4.78 is 0. The summed E-state index contributed by atoms with van der Waals surface area (Å²) in [4.78, 5) is 4.93. The van der Waals surface area contributed by atoms with Gasteiger partial charge in [-0.15, -0.1) is 0 Å². The lowest BCUT2D eigenvalue weighted by atomic mass is 10.1. The highest BCUT2D eigenvalue weighted by atomic mass is 15.1. The van der Waals surface area contributed by atoms with Crippen molar-refractivity contribution in [3.63, 3.8) is 0 Å². The van der Waals surface area contributed by atoms with Crippen LogP contribution in [0.4, 0.5) is 0 Å². The minimum absolute atomic E-state index is 0.899. The first-order valence-corrected chi connectivity index (χ1v) is 7.30. The zero-order valence-electron chi connectivity index (χ0n) is 12.0. The van der Waals surface area contributed by atoms with E-state index >= 15 is 0 Å². The molecule has 3 heteroatoms. The van der Waals surface area contributed by atoms with E-state index in [1.807, 2.05) is 0 Å². The number of unbranched alkanes of at least 4 members (excludes halogenated alkanes) is 1. The fourth-order valence-electron chi connectivity index (χ4n) is 2.53. The summed E-state index contributed by atoms with van der Waals surface area (Å²) in [6.45, 7) is 9.81. The third-order valence-electron chi connectivity index (χ3n) is 3.56. The normalized spacial score (nSPS) is 21.5. The van der Waals surface area contributed by atoms with Gasteiger partial charge >= 0.3 is 0 Å². The molecule has 1 N–H and O–H groups in total. The van der Waals surface area contributed by atoms with Crippen LogP contribution in [0.2, 0.25) is 0 Å². The number of rotatable bonds is 9. The van der Waals surface area contributed by atoms with E-state index in [9.17, 15) is 0 Å². The molecule has 0 spiro atoms. The summed E-state index contributed by atoms with van der Waals surface area (Å²) in [5, 5.41) is 3.55. The largest absolute Gasteiger partial charge is 0.316 e. The molecule has 1 fully saturated rings. The van der Waals surface area contributed by atoms with Crippen molar-refractivity contribution < 1.29 is 0 Å². The van der Waals surface area contributed by atoms with Crippen LogP contribution in [0.5, 0.6) is 0 Å². The van der Waals surface area contributed by atoms with Gasteiger partial charge in [0.2, 0.25) is 0 Å². The second-order valence-corrected chi connectivity index (χ2v) is 5.67. The molecule has 0 aromatic carbocycles. The van der Waals surface area contributed by atoms with Gasteiger partial charge in [0.25, 0.3) is 0 Å². The van der Waals surface area contributed by atoms with Crippen LogP contribution in [0.15, 0.2) is 0 Å². The van der Waals surface area contributed by atoms with Gasteiger partial charge in [-0.3, -0.25) is 0 Å². The second kappa shape index (κ2) is 8.90. The van der Waals surface area contributed by atoms with E-state index in [0.717, 1.165) is 5.92 Å². The van der Waals surface area contributed by atoms with E-state index < -0.39 is 0 Å². The van der Waals surface area contributed by atoms with Gasteiger partial charge in [-0.2, -0.15) is 0 Å². The second-order valence-electron chi connectivity index (χ2n) is 5.67. The first-order chi connectivity index (χ1) is 8.22. The Bertz CT molecular complexity index is 182. The molecule has 17 heavy (non-hydrogen) atoms. The quantitative estimate of drug-likeness (QED) is 0.619. The van der Waals surface area contributed by atoms with E-state index in [1.54, 1.807) is 0 Å². The molecule has 0 aromatic heterocycles. The molecular weight excluding hydrogens is 210 g/mol. The Labute approximate surface area is 108 Å². The average Bonchev–Trinajstić information content (AvgIpc) is 2.73. The fraction of sp³-hybridized carbons (Fsp3) is 1.00. The smallest absolute Gasteiger partial charge is 0.00223 e. The standard InChI is InChI=1S/C14H31N3/c1-4-8-15-12-14-7-11-17(13-14)10-6-5-9-16(2)3/h14-15H,4-13H2,1-3H3. The predicted octanol–water partition coefficient (Wildman–Crippen LogP) is 1.65. The minimum Gasteiger partial charge on any atom is -0.316 e. The molecule has 102 valence electrons. The molecule has 0 bridgehead atoms. The van der Waals surface area contributed by atoms with Gasteiger partial charge in [0.1, 0.15) is 0 Å². The van der Waals surface area contributed by atoms with E-state index in [2.05, 4.69) is 36.1 Å². The lowest BCUT2D eigenvalue weighted by Crippen LogP contribution is -2.27. The van der Waals surface area contributed by atoms with Crippen molar-refractivity contribution in [3.8, 4) is 0 Å². The van der Waals surface area contributed by atoms with Crippen molar-refractivity contribution in [2.45, 2.75) is 32.6 Å². The predicted molar refractivity (Wildman–Crippen MR) is 75.5 cm³/mol. The van der Waals surface area contributed by atoms with Crippen molar-refractivity contribution >= 4 is 0 Å². The highest BCUT2D eigenvalue weighted by molar-refractivity contribution is 4.77. The van der Waals surface area contributed by atoms with Gasteiger partial charge in [0.15, 0.2) is 0 Å². The van der Waals surface area contributed by atoms with E-state index in [-0.39, 0.29) is 0 Å². The maximum Gasteiger partial charge on any atom is 0.00223 e. The van der Waals surface area contributed by atoms with Crippen molar-refractivity contribution in [3.05, 3.63) is 0 Å². The van der Waals surface area contributed by atoms with Gasteiger partial charge in [0.05, 0.1) is 0 Å². The van der Waals surface area contributed by atoms with Gasteiger partial charge in [0, 0.05) is 6.54 Å². The molecule has 3 nitrogen and oxygen atoms in total. The first kappa shape index (κ1) is 14.9. The van der Waals surface area contributed by atoms with Gasteiger partial charge in [-0.05, 0) is 78.4 Å². The Morgan fingerprint density at radius 3 is 2.82 bits per heavy atom. The molecule has 1 saturated heterocycles. The van der Waals surface area contributed by atoms with Crippen LogP contribution < -0.4 is 5.32 Å². The summed E-state index contributed by atoms with van der Waals surface area (Å²) in [6.07, 6.45) is 5.33. The Kier molecular flexibility index (Phi) is 7.82. The van der Waals surface area contributed by atoms with Crippen LogP contribution in [0.25, 0.3) is 0 Å². The van der Waals surface area contributed by atoms with Crippen LogP contribution in [0, 0.1) is 5.92 Å². The molecule has 0 aliphatic carbocycles. The number of likely N-dealkylation sites (tertiary alicyclic amines) is 1. The molecule has 0 radical (unpaired) electrons. The molecule has 1 aliphatic heterocycles. The van der Waals surface area contributed by atoms with Crippen molar-refractivity contribution in [2.24, 2.45) is 5.92 Å². The molecule has 0 aromatic rings. The van der Waals surface area contributed by atoms with Crippen LogP contribution in [0.1, 0.15) is 32.6 Å². The maximum atomic E-state index is 3.55. The van der Waals surface area contributed by atoms with Crippen molar-refractivity contribution in [1.82, 2.24) is 15.1 Å². The van der Waals surface area contributed by atoms with Crippen LogP contribution in [-0.4, -0.2) is 63.2 Å². The lowest BCUT2D eigenvalue weighted by molar-refractivity contribution is 0.302. The van der Waals surface area contributed by atoms with E-state index in [0.29, 0.717) is 0 Å². The number of nitrogens with zero attached hydrogens (tertiary/aromatic N) is 2. The number of hydrogen-bond donors (Lipinski definition) is 1. The first-order valence-electron chi connectivity index (χ1n) is 7.30. The van der Waals surface area contributed by atoms with Crippen LogP contribution >= 0.6 is 0 Å². The van der Waals surface area contributed by atoms with Crippen molar-refractivity contribution in [2.75, 3.05) is 53.4 Å².